The Kier molecular flexibility index (Phi) is 9.19. The zero-order valence-electron chi connectivity index (χ0n) is 19.0. The van der Waals surface area contributed by atoms with Crippen LogP contribution in [0.15, 0.2) is 30.3 Å². The molecule has 6 heteroatoms. The SMILES string of the molecule is C1CCCC1.CCCC(=O)N1CC2CN(CCC(NC(=O)O)c3ccccc3)C[C@H]2C1. The van der Waals surface area contributed by atoms with Gasteiger partial charge in [0.25, 0.3) is 0 Å². The fraction of sp³-hybridized carbons (Fsp3) is 0.680. The lowest BCUT2D eigenvalue weighted by Gasteiger charge is -2.24. The lowest BCUT2D eigenvalue weighted by Crippen LogP contribution is -2.35. The van der Waals surface area contributed by atoms with E-state index < -0.39 is 6.09 Å². The lowest BCUT2D eigenvalue weighted by molar-refractivity contribution is -0.130. The van der Waals surface area contributed by atoms with Crippen LogP contribution in [-0.4, -0.2) is 59.6 Å². The summed E-state index contributed by atoms with van der Waals surface area (Å²) >= 11 is 0. The van der Waals surface area contributed by atoms with Gasteiger partial charge in [-0.1, -0.05) is 69.4 Å². The van der Waals surface area contributed by atoms with E-state index in [4.69, 9.17) is 5.11 Å². The molecule has 2 aliphatic heterocycles. The van der Waals surface area contributed by atoms with E-state index in [2.05, 4.69) is 10.2 Å². The maximum atomic E-state index is 12.1. The van der Waals surface area contributed by atoms with Crippen molar-refractivity contribution in [2.75, 3.05) is 32.7 Å². The third-order valence-electron chi connectivity index (χ3n) is 6.86. The van der Waals surface area contributed by atoms with Gasteiger partial charge < -0.3 is 20.2 Å². The van der Waals surface area contributed by atoms with Gasteiger partial charge in [0.2, 0.25) is 5.91 Å². The molecule has 2 N–H and O–H groups in total. The van der Waals surface area contributed by atoms with Crippen LogP contribution < -0.4 is 5.32 Å². The minimum absolute atomic E-state index is 0.184. The van der Waals surface area contributed by atoms with Gasteiger partial charge in [0.05, 0.1) is 6.04 Å². The summed E-state index contributed by atoms with van der Waals surface area (Å²) in [5.74, 6) is 1.43. The molecular weight excluding hydrogens is 390 g/mol. The molecule has 4 rings (SSSR count). The van der Waals surface area contributed by atoms with E-state index in [1.807, 2.05) is 42.2 Å². The van der Waals surface area contributed by atoms with E-state index in [0.29, 0.717) is 24.2 Å². The molecule has 3 atom stereocenters. The summed E-state index contributed by atoms with van der Waals surface area (Å²) in [4.78, 5) is 27.7. The molecule has 3 aliphatic rings. The summed E-state index contributed by atoms with van der Waals surface area (Å²) in [5, 5.41) is 11.8. The Hall–Kier alpha value is -2.08. The van der Waals surface area contributed by atoms with Crippen molar-refractivity contribution in [2.45, 2.75) is 64.3 Å². The quantitative estimate of drug-likeness (QED) is 0.668. The first-order valence-corrected chi connectivity index (χ1v) is 12.1. The van der Waals surface area contributed by atoms with Crippen molar-refractivity contribution >= 4 is 12.0 Å². The fourth-order valence-electron chi connectivity index (χ4n) is 5.20. The minimum Gasteiger partial charge on any atom is -0.465 e. The van der Waals surface area contributed by atoms with Crippen molar-refractivity contribution in [3.8, 4) is 0 Å². The van der Waals surface area contributed by atoms with Crippen molar-refractivity contribution in [1.29, 1.82) is 0 Å². The van der Waals surface area contributed by atoms with Crippen molar-refractivity contribution in [1.82, 2.24) is 15.1 Å². The second kappa shape index (κ2) is 12.1. The van der Waals surface area contributed by atoms with E-state index in [1.165, 1.54) is 32.1 Å². The first-order chi connectivity index (χ1) is 15.1. The Morgan fingerprint density at radius 1 is 1.00 bits per heavy atom. The van der Waals surface area contributed by atoms with E-state index in [0.717, 1.165) is 51.1 Å². The molecule has 31 heavy (non-hydrogen) atoms. The molecule has 1 aromatic rings. The maximum absolute atomic E-state index is 12.1. The van der Waals surface area contributed by atoms with Gasteiger partial charge in [-0.2, -0.15) is 0 Å². The number of hydrogen-bond donors (Lipinski definition) is 2. The van der Waals surface area contributed by atoms with Crippen LogP contribution in [0.4, 0.5) is 4.79 Å². The molecule has 2 heterocycles. The predicted molar refractivity (Wildman–Crippen MR) is 123 cm³/mol. The van der Waals surface area contributed by atoms with Crippen molar-refractivity contribution in [2.24, 2.45) is 11.8 Å². The van der Waals surface area contributed by atoms with Crippen LogP contribution in [0.2, 0.25) is 0 Å². The van der Waals surface area contributed by atoms with Gasteiger partial charge in [-0.15, -0.1) is 0 Å². The number of carbonyl (C=O) groups is 2. The second-order valence-electron chi connectivity index (χ2n) is 9.30. The standard InChI is InChI=1S/C20H29N3O3.C5H10/c1-2-6-19(24)23-13-16-11-22(12-17(16)14-23)10-9-18(21-20(25)26)15-7-4-3-5-8-15;1-2-4-5-3-1/h3-5,7-8,16-18,21H,2,6,9-14H2,1H3,(H,25,26);1-5H2/t16-,17?,18?;/m0./s1. The molecule has 172 valence electrons. The van der Waals surface area contributed by atoms with Crippen LogP contribution in [0.5, 0.6) is 0 Å². The molecule has 2 amide bonds. The average molecular weight is 430 g/mol. The topological polar surface area (TPSA) is 72.9 Å². The number of carbonyl (C=O) groups excluding carboxylic acids is 1. The highest BCUT2D eigenvalue weighted by Crippen LogP contribution is 2.32. The molecular formula is C25H39N3O3. The van der Waals surface area contributed by atoms with Crippen LogP contribution in [0.1, 0.15) is 69.9 Å². The number of rotatable bonds is 7. The highest BCUT2D eigenvalue weighted by Gasteiger charge is 2.41. The third-order valence-corrected chi connectivity index (χ3v) is 6.86. The van der Waals surface area contributed by atoms with Gasteiger partial charge in [-0.3, -0.25) is 4.79 Å². The molecule has 1 saturated carbocycles. The molecule has 0 aromatic heterocycles. The van der Waals surface area contributed by atoms with Crippen LogP contribution in [-0.2, 0) is 4.79 Å². The monoisotopic (exact) mass is 429 g/mol. The second-order valence-corrected chi connectivity index (χ2v) is 9.30. The van der Waals surface area contributed by atoms with Crippen LogP contribution in [0.3, 0.4) is 0 Å². The van der Waals surface area contributed by atoms with E-state index in [1.54, 1.807) is 0 Å². The number of likely N-dealkylation sites (tertiary alicyclic amines) is 2. The van der Waals surface area contributed by atoms with Gasteiger partial charge in [0, 0.05) is 39.1 Å². The summed E-state index contributed by atoms with van der Waals surface area (Å²) in [5.41, 5.74) is 1.01. The summed E-state index contributed by atoms with van der Waals surface area (Å²) in [6.07, 6.45) is 8.84. The Bertz CT molecular complexity index is 671. The Morgan fingerprint density at radius 2 is 1.58 bits per heavy atom. The summed E-state index contributed by atoms with van der Waals surface area (Å²) in [7, 11) is 0. The third kappa shape index (κ3) is 7.23. The average Bonchev–Trinajstić information content (AvgIpc) is 3.50. The molecule has 6 nitrogen and oxygen atoms in total. The van der Waals surface area contributed by atoms with Gasteiger partial charge in [0.1, 0.15) is 0 Å². The Labute approximate surface area is 187 Å². The first kappa shape index (κ1) is 23.6. The molecule has 3 fully saturated rings. The van der Waals surface area contributed by atoms with Gasteiger partial charge in [0.15, 0.2) is 0 Å². The van der Waals surface area contributed by atoms with Gasteiger partial charge in [-0.05, 0) is 30.2 Å². The number of hydrogen-bond acceptors (Lipinski definition) is 3. The number of fused-ring (bicyclic) bond motifs is 1. The van der Waals surface area contributed by atoms with E-state index in [-0.39, 0.29) is 6.04 Å². The van der Waals surface area contributed by atoms with E-state index in [9.17, 15) is 9.59 Å². The molecule has 0 bridgehead atoms. The van der Waals surface area contributed by atoms with E-state index >= 15 is 0 Å². The number of amides is 2. The number of nitrogens with one attached hydrogen (secondary N) is 1. The molecule has 0 spiro atoms. The van der Waals surface area contributed by atoms with Crippen LogP contribution in [0.25, 0.3) is 0 Å². The largest absolute Gasteiger partial charge is 0.465 e. The molecule has 1 aromatic carbocycles. The van der Waals surface area contributed by atoms with Crippen LogP contribution >= 0.6 is 0 Å². The van der Waals surface area contributed by atoms with Gasteiger partial charge >= 0.3 is 6.09 Å². The predicted octanol–water partition coefficient (Wildman–Crippen LogP) is 4.53. The Morgan fingerprint density at radius 3 is 2.10 bits per heavy atom. The zero-order chi connectivity index (χ0) is 22.1. The normalized spacial score (nSPS) is 23.7. The highest BCUT2D eigenvalue weighted by atomic mass is 16.4. The van der Waals surface area contributed by atoms with Crippen molar-refractivity contribution < 1.29 is 14.7 Å². The number of carboxylic acid groups (broad SMARTS) is 1. The van der Waals surface area contributed by atoms with Crippen molar-refractivity contribution in [3.63, 3.8) is 0 Å². The smallest absolute Gasteiger partial charge is 0.405 e. The first-order valence-electron chi connectivity index (χ1n) is 12.1. The molecule has 1 aliphatic carbocycles. The highest BCUT2D eigenvalue weighted by molar-refractivity contribution is 5.76. The summed E-state index contributed by atoms with van der Waals surface area (Å²) < 4.78 is 0. The molecule has 2 unspecified atom stereocenters. The fourth-order valence-corrected chi connectivity index (χ4v) is 5.20. The molecule has 2 saturated heterocycles. The number of benzene rings is 1. The summed E-state index contributed by atoms with van der Waals surface area (Å²) in [6.45, 7) is 6.70. The lowest BCUT2D eigenvalue weighted by atomic mass is 10.0. The van der Waals surface area contributed by atoms with Crippen molar-refractivity contribution in [3.05, 3.63) is 35.9 Å². The van der Waals surface area contributed by atoms with Gasteiger partial charge in [-0.25, -0.2) is 4.79 Å². The number of nitrogens with zero attached hydrogens (tertiary/aromatic N) is 2. The van der Waals surface area contributed by atoms with Crippen LogP contribution in [0, 0.1) is 11.8 Å². The zero-order valence-corrected chi connectivity index (χ0v) is 19.0. The molecule has 0 radical (unpaired) electrons. The minimum atomic E-state index is -0.984. The maximum Gasteiger partial charge on any atom is 0.405 e. The Balaban J connectivity index is 0.000000478. The summed E-state index contributed by atoms with van der Waals surface area (Å²) in [6, 6.07) is 9.57.